The van der Waals surface area contributed by atoms with Crippen LogP contribution in [0.2, 0.25) is 5.02 Å². The molecule has 0 aliphatic carbocycles. The van der Waals surface area contributed by atoms with E-state index in [2.05, 4.69) is 5.32 Å². The average Bonchev–Trinajstić information content (AvgIpc) is 2.69. The average molecular weight is 406 g/mol. The maximum atomic E-state index is 12.5. The lowest BCUT2D eigenvalue weighted by Crippen LogP contribution is -2.30. The number of amides is 1. The first-order chi connectivity index (χ1) is 13.4. The second-order valence-corrected chi connectivity index (χ2v) is 6.64. The molecule has 7 nitrogen and oxygen atoms in total. The van der Waals surface area contributed by atoms with Crippen LogP contribution in [0.25, 0.3) is 0 Å². The van der Waals surface area contributed by atoms with E-state index in [9.17, 15) is 9.59 Å². The number of nitrogens with one attached hydrogen (secondary N) is 1. The van der Waals surface area contributed by atoms with Crippen molar-refractivity contribution in [2.75, 3.05) is 25.6 Å². The molecule has 1 aliphatic rings. The van der Waals surface area contributed by atoms with Crippen LogP contribution >= 0.6 is 11.6 Å². The molecule has 1 amide bonds. The molecule has 1 atom stereocenters. The van der Waals surface area contributed by atoms with Gasteiger partial charge >= 0.3 is 5.97 Å². The summed E-state index contributed by atoms with van der Waals surface area (Å²) in [7, 11) is 1.46. The van der Waals surface area contributed by atoms with Crippen LogP contribution in [0.3, 0.4) is 0 Å². The molecule has 28 heavy (non-hydrogen) atoms. The second kappa shape index (κ2) is 8.39. The molecule has 1 heterocycles. The summed E-state index contributed by atoms with van der Waals surface area (Å²) in [6.45, 7) is 4.09. The molecule has 0 unspecified atom stereocenters. The third-order valence-electron chi connectivity index (χ3n) is 4.17. The number of halogens is 1. The molecule has 0 fully saturated rings. The molecule has 0 saturated heterocycles. The Hall–Kier alpha value is -2.93. The largest absolute Gasteiger partial charge is 0.493 e. The zero-order chi connectivity index (χ0) is 20.3. The molecule has 2 aromatic carbocycles. The van der Waals surface area contributed by atoms with Crippen molar-refractivity contribution in [3.63, 3.8) is 0 Å². The molecule has 0 saturated carbocycles. The minimum atomic E-state index is -1.02. The standard InChI is InChI=1S/C20H20ClNO6/c1-11-4-5-14(21)10-15(11)22-19(23)12(2)28-20(24)13-8-16(25-3)18-17(9-13)26-6-7-27-18/h4-5,8-10,12H,6-7H2,1-3H3,(H,22,23)/t12-/m1/s1. The topological polar surface area (TPSA) is 83.1 Å². The fourth-order valence-corrected chi connectivity index (χ4v) is 2.81. The van der Waals surface area contributed by atoms with Gasteiger partial charge in [0, 0.05) is 10.7 Å². The monoisotopic (exact) mass is 405 g/mol. The van der Waals surface area contributed by atoms with Crippen molar-refractivity contribution >= 4 is 29.2 Å². The van der Waals surface area contributed by atoms with Crippen LogP contribution in [0.5, 0.6) is 17.2 Å². The Balaban J connectivity index is 1.71. The molecular weight excluding hydrogens is 386 g/mol. The van der Waals surface area contributed by atoms with Gasteiger partial charge in [-0.2, -0.15) is 0 Å². The summed E-state index contributed by atoms with van der Waals surface area (Å²) in [5, 5.41) is 3.20. The highest BCUT2D eigenvalue weighted by Gasteiger charge is 2.24. The van der Waals surface area contributed by atoms with Gasteiger partial charge in [0.25, 0.3) is 5.91 Å². The number of carbonyl (C=O) groups is 2. The highest BCUT2D eigenvalue weighted by atomic mass is 35.5. The summed E-state index contributed by atoms with van der Waals surface area (Å²) in [5.41, 5.74) is 1.59. The van der Waals surface area contributed by atoms with Gasteiger partial charge in [-0.15, -0.1) is 0 Å². The van der Waals surface area contributed by atoms with Crippen molar-refractivity contribution in [3.05, 3.63) is 46.5 Å². The van der Waals surface area contributed by atoms with Gasteiger partial charge in [-0.25, -0.2) is 4.79 Å². The predicted molar refractivity (Wildman–Crippen MR) is 104 cm³/mol. The number of benzene rings is 2. The van der Waals surface area contributed by atoms with E-state index >= 15 is 0 Å². The minimum absolute atomic E-state index is 0.194. The lowest BCUT2D eigenvalue weighted by Gasteiger charge is -2.21. The first-order valence-electron chi connectivity index (χ1n) is 8.64. The first-order valence-corrected chi connectivity index (χ1v) is 9.02. The second-order valence-electron chi connectivity index (χ2n) is 6.20. The van der Waals surface area contributed by atoms with E-state index in [-0.39, 0.29) is 5.56 Å². The normalized spacial score (nSPS) is 13.4. The van der Waals surface area contributed by atoms with Crippen molar-refractivity contribution in [3.8, 4) is 17.2 Å². The van der Waals surface area contributed by atoms with Gasteiger partial charge in [0.2, 0.25) is 5.75 Å². The third-order valence-corrected chi connectivity index (χ3v) is 4.41. The number of methoxy groups -OCH3 is 1. The fourth-order valence-electron chi connectivity index (χ4n) is 2.64. The Kier molecular flexibility index (Phi) is 5.94. The van der Waals surface area contributed by atoms with E-state index in [0.717, 1.165) is 5.56 Å². The first kappa shape index (κ1) is 19.8. The van der Waals surface area contributed by atoms with Crippen molar-refractivity contribution in [1.82, 2.24) is 0 Å². The molecule has 0 spiro atoms. The number of aryl methyl sites for hydroxylation is 1. The number of hydrogen-bond donors (Lipinski definition) is 1. The van der Waals surface area contributed by atoms with Gasteiger partial charge in [-0.1, -0.05) is 17.7 Å². The van der Waals surface area contributed by atoms with E-state index in [1.165, 1.54) is 26.2 Å². The number of rotatable bonds is 5. The number of anilines is 1. The zero-order valence-corrected chi connectivity index (χ0v) is 16.5. The van der Waals surface area contributed by atoms with Crippen molar-refractivity contribution in [2.45, 2.75) is 20.0 Å². The van der Waals surface area contributed by atoms with Gasteiger partial charge in [0.1, 0.15) is 13.2 Å². The number of carbonyl (C=O) groups excluding carboxylic acids is 2. The van der Waals surface area contributed by atoms with E-state index in [1.807, 2.05) is 6.92 Å². The van der Waals surface area contributed by atoms with Gasteiger partial charge in [-0.3, -0.25) is 4.79 Å². The number of ether oxygens (including phenoxy) is 4. The maximum Gasteiger partial charge on any atom is 0.339 e. The van der Waals surface area contributed by atoms with Gasteiger partial charge in [0.15, 0.2) is 17.6 Å². The van der Waals surface area contributed by atoms with Crippen LogP contribution in [0, 0.1) is 6.92 Å². The molecule has 2 aromatic rings. The van der Waals surface area contributed by atoms with Crippen LogP contribution in [-0.2, 0) is 9.53 Å². The molecule has 3 rings (SSSR count). The van der Waals surface area contributed by atoms with Crippen LogP contribution in [-0.4, -0.2) is 38.3 Å². The Labute approximate surface area is 167 Å². The predicted octanol–water partition coefficient (Wildman–Crippen LogP) is 3.61. The van der Waals surface area contributed by atoms with E-state index < -0.39 is 18.0 Å². The number of esters is 1. The summed E-state index contributed by atoms with van der Waals surface area (Å²) in [6.07, 6.45) is -1.02. The highest BCUT2D eigenvalue weighted by molar-refractivity contribution is 6.31. The van der Waals surface area contributed by atoms with Gasteiger partial charge in [0.05, 0.1) is 12.7 Å². The van der Waals surface area contributed by atoms with Crippen LogP contribution in [0.1, 0.15) is 22.8 Å². The molecule has 1 aliphatic heterocycles. The van der Waals surface area contributed by atoms with Crippen molar-refractivity contribution in [2.24, 2.45) is 0 Å². The smallest absolute Gasteiger partial charge is 0.339 e. The van der Waals surface area contributed by atoms with Crippen molar-refractivity contribution in [1.29, 1.82) is 0 Å². The molecule has 0 aromatic heterocycles. The SMILES string of the molecule is COc1cc(C(=O)O[C@H](C)C(=O)Nc2cc(Cl)ccc2C)cc2c1OCCO2. The minimum Gasteiger partial charge on any atom is -0.493 e. The summed E-state index contributed by atoms with van der Waals surface area (Å²) in [4.78, 5) is 24.9. The van der Waals surface area contributed by atoms with E-state index in [1.54, 1.807) is 18.2 Å². The highest BCUT2D eigenvalue weighted by Crippen LogP contribution is 2.40. The number of hydrogen-bond acceptors (Lipinski definition) is 6. The van der Waals surface area contributed by atoms with Crippen LogP contribution in [0.15, 0.2) is 30.3 Å². The van der Waals surface area contributed by atoms with Crippen LogP contribution < -0.4 is 19.5 Å². The Bertz CT molecular complexity index is 897. The molecule has 8 heteroatoms. The molecule has 148 valence electrons. The lowest BCUT2D eigenvalue weighted by molar-refractivity contribution is -0.123. The quantitative estimate of drug-likeness (QED) is 0.765. The molecule has 0 bridgehead atoms. The lowest BCUT2D eigenvalue weighted by atomic mass is 10.1. The fraction of sp³-hybridized carbons (Fsp3) is 0.300. The summed E-state index contributed by atoms with van der Waals surface area (Å²) in [5.74, 6) is 0.0384. The third kappa shape index (κ3) is 4.31. The molecule has 0 radical (unpaired) electrons. The Morgan fingerprint density at radius 1 is 1.18 bits per heavy atom. The molecule has 1 N–H and O–H groups in total. The maximum absolute atomic E-state index is 12.5. The van der Waals surface area contributed by atoms with Crippen LogP contribution in [0.4, 0.5) is 5.69 Å². The summed E-state index contributed by atoms with van der Waals surface area (Å²) < 4.78 is 21.6. The summed E-state index contributed by atoms with van der Waals surface area (Å²) in [6, 6.07) is 8.14. The zero-order valence-electron chi connectivity index (χ0n) is 15.7. The van der Waals surface area contributed by atoms with E-state index in [4.69, 9.17) is 30.5 Å². The Morgan fingerprint density at radius 2 is 1.93 bits per heavy atom. The van der Waals surface area contributed by atoms with Gasteiger partial charge in [-0.05, 0) is 43.7 Å². The number of fused-ring (bicyclic) bond motifs is 1. The van der Waals surface area contributed by atoms with Gasteiger partial charge < -0.3 is 24.3 Å². The van der Waals surface area contributed by atoms with Crippen molar-refractivity contribution < 1.29 is 28.5 Å². The Morgan fingerprint density at radius 3 is 2.68 bits per heavy atom. The van der Waals surface area contributed by atoms with E-state index in [0.29, 0.717) is 41.2 Å². The summed E-state index contributed by atoms with van der Waals surface area (Å²) >= 11 is 5.96. The molecular formula is C20H20ClNO6.